The number of halogens is 2. The Morgan fingerprint density at radius 3 is 2.57 bits per heavy atom. The first-order chi connectivity index (χ1) is 11.0. The minimum absolute atomic E-state index is 0.110. The summed E-state index contributed by atoms with van der Waals surface area (Å²) in [7, 11) is -4.22. The fourth-order valence-corrected chi connectivity index (χ4v) is 4.89. The number of sulfonamides is 1. The summed E-state index contributed by atoms with van der Waals surface area (Å²) in [5.74, 6) is -2.12. The van der Waals surface area contributed by atoms with Crippen LogP contribution in [-0.4, -0.2) is 29.0 Å². The first kappa shape index (κ1) is 14.8. The molecule has 0 saturated carbocycles. The molecule has 1 aliphatic carbocycles. The Morgan fingerprint density at radius 1 is 1.09 bits per heavy atom. The molecule has 0 spiro atoms. The van der Waals surface area contributed by atoms with Gasteiger partial charge in [0.1, 0.15) is 11.6 Å². The molecule has 0 saturated heterocycles. The van der Waals surface area contributed by atoms with Crippen molar-refractivity contribution in [1.82, 2.24) is 14.1 Å². The van der Waals surface area contributed by atoms with E-state index in [0.29, 0.717) is 6.54 Å². The van der Waals surface area contributed by atoms with Gasteiger partial charge in [0.05, 0.1) is 24.5 Å². The average Bonchev–Trinajstić information content (AvgIpc) is 3.06. The van der Waals surface area contributed by atoms with Crippen LogP contribution < -0.4 is 0 Å². The summed E-state index contributed by atoms with van der Waals surface area (Å²) in [5, 5.41) is 4.50. The number of hydrogen-bond donors (Lipinski definition) is 0. The molecule has 0 bridgehead atoms. The Bertz CT molecular complexity index is 872. The van der Waals surface area contributed by atoms with Crippen molar-refractivity contribution in [2.24, 2.45) is 0 Å². The van der Waals surface area contributed by atoms with Crippen LogP contribution in [0.3, 0.4) is 0 Å². The van der Waals surface area contributed by atoms with E-state index in [0.717, 1.165) is 58.7 Å². The number of aryl methyl sites for hydroxylation is 1. The van der Waals surface area contributed by atoms with E-state index in [1.807, 2.05) is 4.68 Å². The molecule has 0 N–H and O–H groups in total. The van der Waals surface area contributed by atoms with Crippen molar-refractivity contribution in [3.8, 4) is 0 Å². The van der Waals surface area contributed by atoms with Crippen LogP contribution in [0.5, 0.6) is 0 Å². The molecular weight excluding hydrogens is 324 g/mol. The van der Waals surface area contributed by atoms with Gasteiger partial charge in [-0.25, -0.2) is 17.2 Å². The molecule has 2 aliphatic rings. The highest BCUT2D eigenvalue weighted by Gasteiger charge is 2.35. The zero-order valence-corrected chi connectivity index (χ0v) is 13.1. The molecule has 4 rings (SSSR count). The quantitative estimate of drug-likeness (QED) is 0.839. The average molecular weight is 339 g/mol. The van der Waals surface area contributed by atoms with Crippen LogP contribution in [0, 0.1) is 11.6 Å². The second-order valence-electron chi connectivity index (χ2n) is 5.84. The molecule has 0 radical (unpaired) electrons. The van der Waals surface area contributed by atoms with E-state index < -0.39 is 26.6 Å². The van der Waals surface area contributed by atoms with Crippen LogP contribution >= 0.6 is 0 Å². The molecule has 8 heteroatoms. The summed E-state index contributed by atoms with van der Waals surface area (Å²) < 4.78 is 56.1. The third-order valence-corrected chi connectivity index (χ3v) is 6.39. The van der Waals surface area contributed by atoms with Crippen LogP contribution in [0.25, 0.3) is 0 Å². The van der Waals surface area contributed by atoms with Gasteiger partial charge in [0.15, 0.2) is 4.90 Å². The first-order valence-corrected chi connectivity index (χ1v) is 8.94. The summed E-state index contributed by atoms with van der Waals surface area (Å²) in [6.45, 7) is 0.666. The Morgan fingerprint density at radius 2 is 1.83 bits per heavy atom. The minimum Gasteiger partial charge on any atom is -0.266 e. The van der Waals surface area contributed by atoms with E-state index in [1.54, 1.807) is 0 Å². The highest BCUT2D eigenvalue weighted by atomic mass is 32.2. The fourth-order valence-electron chi connectivity index (χ4n) is 3.39. The third-order valence-electron chi connectivity index (χ3n) is 4.49. The summed E-state index contributed by atoms with van der Waals surface area (Å²) >= 11 is 0. The van der Waals surface area contributed by atoms with Gasteiger partial charge in [-0.3, -0.25) is 4.68 Å². The predicted molar refractivity (Wildman–Crippen MR) is 78.2 cm³/mol. The largest absolute Gasteiger partial charge is 0.266 e. The van der Waals surface area contributed by atoms with Crippen LogP contribution in [-0.2, 0) is 36.0 Å². The molecular formula is C15H15F2N3O2S. The Kier molecular flexibility index (Phi) is 3.28. The van der Waals surface area contributed by atoms with Gasteiger partial charge in [-0.1, -0.05) is 6.07 Å². The van der Waals surface area contributed by atoms with E-state index in [1.165, 1.54) is 0 Å². The van der Waals surface area contributed by atoms with E-state index in [-0.39, 0.29) is 13.1 Å². The standard InChI is InChI=1S/C15H15F2N3O2S/c16-11-4-2-5-12(17)15(11)23(21,22)19-7-8-20-14(9-19)10-3-1-6-13(10)18-20/h2,4-5H,1,3,6-9H2. The summed E-state index contributed by atoms with van der Waals surface area (Å²) in [6.07, 6.45) is 2.80. The van der Waals surface area contributed by atoms with Gasteiger partial charge in [0.2, 0.25) is 10.0 Å². The van der Waals surface area contributed by atoms with Crippen molar-refractivity contribution in [3.05, 3.63) is 46.8 Å². The molecule has 0 fully saturated rings. The number of hydrogen-bond acceptors (Lipinski definition) is 3. The van der Waals surface area contributed by atoms with Crippen LogP contribution in [0.2, 0.25) is 0 Å². The molecule has 122 valence electrons. The molecule has 2 heterocycles. The summed E-state index contributed by atoms with van der Waals surface area (Å²) in [5.41, 5.74) is 2.97. The fraction of sp³-hybridized carbons (Fsp3) is 0.400. The maximum Gasteiger partial charge on any atom is 0.249 e. The Hall–Kier alpha value is -1.80. The molecule has 5 nitrogen and oxygen atoms in total. The number of nitrogens with zero attached hydrogens (tertiary/aromatic N) is 3. The summed E-state index contributed by atoms with van der Waals surface area (Å²) in [6, 6.07) is 3.07. The predicted octanol–water partition coefficient (Wildman–Crippen LogP) is 1.85. The number of rotatable bonds is 2. The normalized spacial score (nSPS) is 18.0. The third kappa shape index (κ3) is 2.20. The summed E-state index contributed by atoms with van der Waals surface area (Å²) in [4.78, 5) is -0.871. The van der Waals surface area contributed by atoms with Gasteiger partial charge in [-0.2, -0.15) is 9.40 Å². The second-order valence-corrected chi connectivity index (χ2v) is 7.71. The second kappa shape index (κ2) is 5.10. The zero-order valence-electron chi connectivity index (χ0n) is 12.3. The number of aromatic nitrogens is 2. The van der Waals surface area contributed by atoms with E-state index >= 15 is 0 Å². The van der Waals surface area contributed by atoms with Gasteiger partial charge < -0.3 is 0 Å². The SMILES string of the molecule is O=S(=O)(c1c(F)cccc1F)N1CCn2nc3c(c2C1)CCC3. The molecule has 23 heavy (non-hydrogen) atoms. The lowest BCUT2D eigenvalue weighted by Crippen LogP contribution is -2.39. The maximum absolute atomic E-state index is 13.9. The zero-order chi connectivity index (χ0) is 16.2. The maximum atomic E-state index is 13.9. The van der Waals surface area contributed by atoms with E-state index in [4.69, 9.17) is 0 Å². The van der Waals surface area contributed by atoms with Crippen molar-refractivity contribution in [1.29, 1.82) is 0 Å². The van der Waals surface area contributed by atoms with E-state index in [2.05, 4.69) is 5.10 Å². The molecule has 0 amide bonds. The molecule has 1 aliphatic heterocycles. The number of fused-ring (bicyclic) bond motifs is 3. The van der Waals surface area contributed by atoms with Crippen molar-refractivity contribution in [2.45, 2.75) is 37.2 Å². The molecule has 2 aromatic rings. The van der Waals surface area contributed by atoms with Gasteiger partial charge in [0.25, 0.3) is 0 Å². The Labute approximate surface area is 132 Å². The van der Waals surface area contributed by atoms with Gasteiger partial charge in [-0.05, 0) is 37.0 Å². The topological polar surface area (TPSA) is 55.2 Å². The van der Waals surface area contributed by atoms with Gasteiger partial charge >= 0.3 is 0 Å². The van der Waals surface area contributed by atoms with Crippen LogP contribution in [0.15, 0.2) is 23.1 Å². The van der Waals surface area contributed by atoms with Crippen molar-refractivity contribution >= 4 is 10.0 Å². The van der Waals surface area contributed by atoms with Crippen LogP contribution in [0.4, 0.5) is 8.78 Å². The highest BCUT2D eigenvalue weighted by molar-refractivity contribution is 7.89. The first-order valence-electron chi connectivity index (χ1n) is 7.50. The smallest absolute Gasteiger partial charge is 0.249 e. The lowest BCUT2D eigenvalue weighted by atomic mass is 10.2. The monoisotopic (exact) mass is 339 g/mol. The lowest BCUT2D eigenvalue weighted by molar-refractivity contribution is 0.321. The molecule has 0 atom stereocenters. The number of benzene rings is 1. The lowest BCUT2D eigenvalue weighted by Gasteiger charge is -2.28. The van der Waals surface area contributed by atoms with Crippen molar-refractivity contribution in [3.63, 3.8) is 0 Å². The molecule has 0 unspecified atom stereocenters. The Balaban J connectivity index is 1.74. The van der Waals surface area contributed by atoms with Crippen molar-refractivity contribution in [2.75, 3.05) is 6.54 Å². The van der Waals surface area contributed by atoms with Crippen LogP contribution in [0.1, 0.15) is 23.4 Å². The van der Waals surface area contributed by atoms with Gasteiger partial charge in [0, 0.05) is 6.54 Å². The highest BCUT2D eigenvalue weighted by Crippen LogP contribution is 2.31. The molecule has 1 aromatic heterocycles. The van der Waals surface area contributed by atoms with Crippen molar-refractivity contribution < 1.29 is 17.2 Å². The molecule has 1 aromatic carbocycles. The minimum atomic E-state index is -4.22. The van der Waals surface area contributed by atoms with Gasteiger partial charge in [-0.15, -0.1) is 0 Å². The van der Waals surface area contributed by atoms with E-state index in [9.17, 15) is 17.2 Å².